The zero-order valence-electron chi connectivity index (χ0n) is 16.2. The first kappa shape index (κ1) is 21.4. The normalized spacial score (nSPS) is 12.8. The molecule has 0 fully saturated rings. The topological polar surface area (TPSA) is 63.1 Å². The maximum atomic E-state index is 13.7. The Bertz CT molecular complexity index is 1020. The summed E-state index contributed by atoms with van der Waals surface area (Å²) in [4.78, 5) is 14.4. The van der Waals surface area contributed by atoms with Gasteiger partial charge in [-0.25, -0.2) is 9.07 Å². The van der Waals surface area contributed by atoms with E-state index in [4.69, 9.17) is 0 Å². The summed E-state index contributed by atoms with van der Waals surface area (Å²) in [7, 11) is 3.59. The zero-order valence-corrected chi connectivity index (χ0v) is 16.2. The minimum Gasteiger partial charge on any atom is -0.349 e. The lowest BCUT2D eigenvalue weighted by Crippen LogP contribution is -2.35. The molecule has 1 N–H and O–H groups in total. The van der Waals surface area contributed by atoms with Crippen molar-refractivity contribution in [3.8, 4) is 5.69 Å². The van der Waals surface area contributed by atoms with Crippen LogP contribution >= 0.6 is 0 Å². The first-order valence-electron chi connectivity index (χ1n) is 8.97. The van der Waals surface area contributed by atoms with Gasteiger partial charge in [0.15, 0.2) is 11.4 Å². The highest BCUT2D eigenvalue weighted by molar-refractivity contribution is 5.93. The van der Waals surface area contributed by atoms with Crippen molar-refractivity contribution in [3.63, 3.8) is 0 Å². The second-order valence-electron chi connectivity index (χ2n) is 6.78. The number of hydrogen-bond acceptors (Lipinski definition) is 4. The average Bonchev–Trinajstić information content (AvgIpc) is 3.14. The molecule has 1 heterocycles. The van der Waals surface area contributed by atoms with E-state index in [1.165, 1.54) is 12.1 Å². The average molecular weight is 421 g/mol. The Labute approximate surface area is 170 Å². The molecule has 158 valence electrons. The van der Waals surface area contributed by atoms with Crippen molar-refractivity contribution >= 4 is 5.91 Å². The molecular weight excluding hydrogens is 402 g/mol. The Morgan fingerprint density at radius 1 is 1.13 bits per heavy atom. The minimum atomic E-state index is -4.93. The number of rotatable bonds is 6. The van der Waals surface area contributed by atoms with Crippen LogP contribution in [0.5, 0.6) is 0 Å². The quantitative estimate of drug-likeness (QED) is 0.620. The van der Waals surface area contributed by atoms with Crippen LogP contribution < -0.4 is 5.32 Å². The fourth-order valence-corrected chi connectivity index (χ4v) is 3.02. The van der Waals surface area contributed by atoms with Crippen LogP contribution in [0.15, 0.2) is 54.6 Å². The Morgan fingerprint density at radius 3 is 2.43 bits per heavy atom. The van der Waals surface area contributed by atoms with Gasteiger partial charge in [0.2, 0.25) is 0 Å². The maximum Gasteiger partial charge on any atom is 0.435 e. The van der Waals surface area contributed by atoms with Crippen LogP contribution in [-0.4, -0.2) is 46.4 Å². The lowest BCUT2D eigenvalue weighted by Gasteiger charge is -2.25. The molecule has 0 aliphatic heterocycles. The van der Waals surface area contributed by atoms with E-state index in [0.29, 0.717) is 4.68 Å². The van der Waals surface area contributed by atoms with Crippen LogP contribution in [0.25, 0.3) is 5.69 Å². The predicted octanol–water partition coefficient (Wildman–Crippen LogP) is 3.46. The van der Waals surface area contributed by atoms with Gasteiger partial charge in [0.1, 0.15) is 5.82 Å². The summed E-state index contributed by atoms with van der Waals surface area (Å²) < 4.78 is 55.0. The number of nitrogens with one attached hydrogen (secondary N) is 1. The van der Waals surface area contributed by atoms with Crippen LogP contribution in [0.1, 0.15) is 27.8 Å². The predicted molar refractivity (Wildman–Crippen MR) is 102 cm³/mol. The lowest BCUT2D eigenvalue weighted by atomic mass is 10.1. The minimum absolute atomic E-state index is 0.0555. The van der Waals surface area contributed by atoms with Crippen LogP contribution in [0.2, 0.25) is 0 Å². The Kier molecular flexibility index (Phi) is 6.16. The van der Waals surface area contributed by atoms with Crippen molar-refractivity contribution in [1.82, 2.24) is 25.2 Å². The SMILES string of the molecule is CN(C)C(CNC(=O)c1nnn(-c2cccc(F)c2)c1C(F)(F)F)c1ccccc1. The Hall–Kier alpha value is -3.27. The highest BCUT2D eigenvalue weighted by Crippen LogP contribution is 2.33. The van der Waals surface area contributed by atoms with E-state index in [0.717, 1.165) is 17.7 Å². The summed E-state index contributed by atoms with van der Waals surface area (Å²) in [6, 6.07) is 13.4. The van der Waals surface area contributed by atoms with Crippen LogP contribution in [-0.2, 0) is 6.18 Å². The van der Waals surface area contributed by atoms with Gasteiger partial charge in [-0.15, -0.1) is 5.10 Å². The summed E-state index contributed by atoms with van der Waals surface area (Å²) in [6.45, 7) is 0.0555. The number of nitrogens with zero attached hydrogens (tertiary/aromatic N) is 4. The van der Waals surface area contributed by atoms with Crippen molar-refractivity contribution < 1.29 is 22.4 Å². The van der Waals surface area contributed by atoms with Crippen molar-refractivity contribution in [3.05, 3.63) is 77.4 Å². The van der Waals surface area contributed by atoms with E-state index >= 15 is 0 Å². The van der Waals surface area contributed by atoms with E-state index in [1.807, 2.05) is 35.2 Å². The number of halogens is 4. The molecule has 0 saturated heterocycles. The molecule has 30 heavy (non-hydrogen) atoms. The number of carbonyl (C=O) groups excluding carboxylic acids is 1. The Morgan fingerprint density at radius 2 is 1.83 bits per heavy atom. The smallest absolute Gasteiger partial charge is 0.349 e. The van der Waals surface area contributed by atoms with Crippen LogP contribution in [0.4, 0.5) is 17.6 Å². The maximum absolute atomic E-state index is 13.7. The molecule has 1 amide bonds. The number of aromatic nitrogens is 3. The van der Waals surface area contributed by atoms with Crippen LogP contribution in [0.3, 0.4) is 0 Å². The molecule has 2 aromatic carbocycles. The third-order valence-electron chi connectivity index (χ3n) is 4.47. The van der Waals surface area contributed by atoms with E-state index in [9.17, 15) is 22.4 Å². The number of likely N-dealkylation sites (N-methyl/N-ethyl adjacent to an activating group) is 1. The molecule has 1 atom stereocenters. The molecule has 3 rings (SSSR count). The highest BCUT2D eigenvalue weighted by Gasteiger charge is 2.42. The van der Waals surface area contributed by atoms with Crippen molar-refractivity contribution in [2.45, 2.75) is 12.2 Å². The number of benzene rings is 2. The summed E-state index contributed by atoms with van der Waals surface area (Å²) >= 11 is 0. The fraction of sp³-hybridized carbons (Fsp3) is 0.250. The second kappa shape index (κ2) is 8.62. The highest BCUT2D eigenvalue weighted by atomic mass is 19.4. The summed E-state index contributed by atoms with van der Waals surface area (Å²) in [5.74, 6) is -1.76. The third kappa shape index (κ3) is 4.65. The molecule has 0 radical (unpaired) electrons. The zero-order chi connectivity index (χ0) is 21.9. The number of hydrogen-bond donors (Lipinski definition) is 1. The summed E-state index contributed by atoms with van der Waals surface area (Å²) in [5.41, 5.74) is -1.55. The van der Waals surface area contributed by atoms with E-state index in [-0.39, 0.29) is 18.3 Å². The van der Waals surface area contributed by atoms with E-state index < -0.39 is 29.3 Å². The fourth-order valence-electron chi connectivity index (χ4n) is 3.02. The molecule has 0 aliphatic carbocycles. The molecule has 10 heteroatoms. The summed E-state index contributed by atoms with van der Waals surface area (Å²) in [6.07, 6.45) is -4.93. The monoisotopic (exact) mass is 421 g/mol. The second-order valence-corrected chi connectivity index (χ2v) is 6.78. The molecule has 0 bridgehead atoms. The molecule has 1 unspecified atom stereocenters. The van der Waals surface area contributed by atoms with E-state index in [1.54, 1.807) is 14.1 Å². The van der Waals surface area contributed by atoms with Gasteiger partial charge in [0.05, 0.1) is 11.7 Å². The molecule has 0 aliphatic rings. The first-order valence-corrected chi connectivity index (χ1v) is 8.97. The van der Waals surface area contributed by atoms with Gasteiger partial charge in [0, 0.05) is 6.54 Å². The molecule has 0 saturated carbocycles. The lowest BCUT2D eigenvalue weighted by molar-refractivity contribution is -0.143. The standard InChI is InChI=1S/C20H19F4N5O/c1-28(2)16(13-7-4-3-5-8-13)12-25-19(30)17-18(20(22,23)24)29(27-26-17)15-10-6-9-14(21)11-15/h3-11,16H,12H2,1-2H3,(H,25,30). The molecule has 3 aromatic rings. The van der Waals surface area contributed by atoms with Crippen molar-refractivity contribution in [2.75, 3.05) is 20.6 Å². The van der Waals surface area contributed by atoms with E-state index in [2.05, 4.69) is 15.6 Å². The number of amides is 1. The molecule has 1 aromatic heterocycles. The number of carbonyl (C=O) groups is 1. The van der Waals surface area contributed by atoms with Gasteiger partial charge in [0.25, 0.3) is 5.91 Å². The summed E-state index contributed by atoms with van der Waals surface area (Å²) in [5, 5.41) is 9.37. The molecule has 0 spiro atoms. The third-order valence-corrected chi connectivity index (χ3v) is 4.47. The molecular formula is C20H19F4N5O. The van der Waals surface area contributed by atoms with Crippen LogP contribution in [0, 0.1) is 5.82 Å². The van der Waals surface area contributed by atoms with Gasteiger partial charge >= 0.3 is 6.18 Å². The van der Waals surface area contributed by atoms with Gasteiger partial charge in [-0.3, -0.25) is 4.79 Å². The van der Waals surface area contributed by atoms with Gasteiger partial charge in [-0.1, -0.05) is 41.6 Å². The van der Waals surface area contributed by atoms with Gasteiger partial charge in [-0.2, -0.15) is 13.2 Å². The van der Waals surface area contributed by atoms with Crippen molar-refractivity contribution in [2.24, 2.45) is 0 Å². The Balaban J connectivity index is 1.89. The molecule has 6 nitrogen and oxygen atoms in total. The largest absolute Gasteiger partial charge is 0.435 e. The van der Waals surface area contributed by atoms with Crippen molar-refractivity contribution in [1.29, 1.82) is 0 Å². The van der Waals surface area contributed by atoms with Gasteiger partial charge in [-0.05, 0) is 37.9 Å². The van der Waals surface area contributed by atoms with Gasteiger partial charge < -0.3 is 10.2 Å². The first-order chi connectivity index (χ1) is 14.2. The number of alkyl halides is 3.